The van der Waals surface area contributed by atoms with Gasteiger partial charge in [-0.3, -0.25) is 0 Å². The summed E-state index contributed by atoms with van der Waals surface area (Å²) in [5, 5.41) is 0. The number of rotatable bonds is 5. The second-order valence-electron chi connectivity index (χ2n) is 4.69. The van der Waals surface area contributed by atoms with Crippen LogP contribution < -0.4 is 5.73 Å². The van der Waals surface area contributed by atoms with Gasteiger partial charge in [0.05, 0.1) is 0 Å². The standard InChI is InChI=1S/C16H17Br2N/c17-14-9-13(10-15(18)11-14)16(19)8-4-7-12-5-2-1-3-6-12/h1-3,5-6,9-11,16H,4,7-8,19H2. The molecule has 3 heteroatoms. The van der Waals surface area contributed by atoms with E-state index in [2.05, 4.69) is 68.3 Å². The summed E-state index contributed by atoms with van der Waals surface area (Å²) in [7, 11) is 0. The molecule has 0 bridgehead atoms. The molecule has 100 valence electrons. The van der Waals surface area contributed by atoms with E-state index in [4.69, 9.17) is 5.73 Å². The first-order chi connectivity index (χ1) is 9.15. The number of nitrogens with two attached hydrogens (primary N) is 1. The average Bonchev–Trinajstić information content (AvgIpc) is 2.38. The highest BCUT2D eigenvalue weighted by molar-refractivity contribution is 9.11. The summed E-state index contributed by atoms with van der Waals surface area (Å²) in [6.45, 7) is 0. The predicted molar refractivity (Wildman–Crippen MR) is 88.2 cm³/mol. The van der Waals surface area contributed by atoms with Crippen LogP contribution in [0.15, 0.2) is 57.5 Å². The monoisotopic (exact) mass is 381 g/mol. The summed E-state index contributed by atoms with van der Waals surface area (Å²) in [5.41, 5.74) is 8.81. The fourth-order valence-corrected chi connectivity index (χ4v) is 3.46. The Labute approximate surface area is 131 Å². The number of aryl methyl sites for hydroxylation is 1. The fraction of sp³-hybridized carbons (Fsp3) is 0.250. The maximum absolute atomic E-state index is 6.26. The summed E-state index contributed by atoms with van der Waals surface area (Å²) in [6.07, 6.45) is 3.19. The van der Waals surface area contributed by atoms with Gasteiger partial charge in [-0.15, -0.1) is 0 Å². The SMILES string of the molecule is NC(CCCc1ccccc1)c1cc(Br)cc(Br)c1. The van der Waals surface area contributed by atoms with Gasteiger partial charge in [-0.05, 0) is 48.6 Å². The molecule has 0 aliphatic carbocycles. The minimum Gasteiger partial charge on any atom is -0.324 e. The van der Waals surface area contributed by atoms with Crippen LogP contribution in [0.4, 0.5) is 0 Å². The van der Waals surface area contributed by atoms with E-state index in [1.807, 2.05) is 12.1 Å². The number of benzene rings is 2. The van der Waals surface area contributed by atoms with Crippen molar-refractivity contribution in [3.05, 3.63) is 68.6 Å². The zero-order valence-corrected chi connectivity index (χ0v) is 13.8. The molecule has 0 spiro atoms. The van der Waals surface area contributed by atoms with Gasteiger partial charge < -0.3 is 5.73 Å². The third-order valence-corrected chi connectivity index (χ3v) is 4.05. The van der Waals surface area contributed by atoms with Gasteiger partial charge in [-0.25, -0.2) is 0 Å². The molecule has 2 N–H and O–H groups in total. The lowest BCUT2D eigenvalue weighted by molar-refractivity contribution is 0.611. The highest BCUT2D eigenvalue weighted by Gasteiger charge is 2.07. The van der Waals surface area contributed by atoms with Gasteiger partial charge in [0, 0.05) is 15.0 Å². The van der Waals surface area contributed by atoms with E-state index in [1.165, 1.54) is 11.1 Å². The Morgan fingerprint density at radius 3 is 2.21 bits per heavy atom. The predicted octanol–water partition coefficient (Wildman–Crippen LogP) is 5.23. The molecule has 0 fully saturated rings. The number of hydrogen-bond acceptors (Lipinski definition) is 1. The van der Waals surface area contributed by atoms with Gasteiger partial charge in [-0.2, -0.15) is 0 Å². The van der Waals surface area contributed by atoms with Crippen molar-refractivity contribution in [3.8, 4) is 0 Å². The van der Waals surface area contributed by atoms with E-state index in [-0.39, 0.29) is 6.04 Å². The van der Waals surface area contributed by atoms with Crippen LogP contribution in [0, 0.1) is 0 Å². The Kier molecular flexibility index (Phi) is 5.61. The zero-order valence-electron chi connectivity index (χ0n) is 10.7. The summed E-state index contributed by atoms with van der Waals surface area (Å²) >= 11 is 7.00. The topological polar surface area (TPSA) is 26.0 Å². The normalized spacial score (nSPS) is 12.4. The van der Waals surface area contributed by atoms with E-state index in [0.29, 0.717) is 0 Å². The lowest BCUT2D eigenvalue weighted by atomic mass is 10.00. The number of halogens is 2. The highest BCUT2D eigenvalue weighted by atomic mass is 79.9. The van der Waals surface area contributed by atoms with Crippen molar-refractivity contribution in [3.63, 3.8) is 0 Å². The van der Waals surface area contributed by atoms with Gasteiger partial charge in [0.1, 0.15) is 0 Å². The van der Waals surface area contributed by atoms with Crippen LogP contribution in [-0.4, -0.2) is 0 Å². The summed E-state index contributed by atoms with van der Waals surface area (Å²) in [6, 6.07) is 16.9. The van der Waals surface area contributed by atoms with Crippen molar-refractivity contribution in [2.24, 2.45) is 5.73 Å². The van der Waals surface area contributed by atoms with Crippen LogP contribution in [0.5, 0.6) is 0 Å². The second kappa shape index (κ2) is 7.22. The largest absolute Gasteiger partial charge is 0.324 e. The van der Waals surface area contributed by atoms with Crippen molar-refractivity contribution in [2.45, 2.75) is 25.3 Å². The zero-order chi connectivity index (χ0) is 13.7. The van der Waals surface area contributed by atoms with Gasteiger partial charge in [0.25, 0.3) is 0 Å². The van der Waals surface area contributed by atoms with Gasteiger partial charge in [-0.1, -0.05) is 62.2 Å². The van der Waals surface area contributed by atoms with E-state index < -0.39 is 0 Å². The smallest absolute Gasteiger partial charge is 0.0295 e. The molecular formula is C16H17Br2N. The first-order valence-corrected chi connectivity index (χ1v) is 7.99. The van der Waals surface area contributed by atoms with Gasteiger partial charge >= 0.3 is 0 Å². The first kappa shape index (κ1) is 14.8. The molecule has 0 aromatic heterocycles. The number of hydrogen-bond donors (Lipinski definition) is 1. The Morgan fingerprint density at radius 2 is 1.58 bits per heavy atom. The third kappa shape index (κ3) is 4.75. The van der Waals surface area contributed by atoms with Crippen LogP contribution in [0.25, 0.3) is 0 Å². The van der Waals surface area contributed by atoms with Crippen molar-refractivity contribution < 1.29 is 0 Å². The molecule has 2 rings (SSSR count). The van der Waals surface area contributed by atoms with E-state index in [0.717, 1.165) is 28.2 Å². The Balaban J connectivity index is 1.89. The fourth-order valence-electron chi connectivity index (χ4n) is 2.13. The molecule has 0 saturated heterocycles. The molecule has 0 aliphatic rings. The molecule has 2 aromatic rings. The quantitative estimate of drug-likeness (QED) is 0.752. The Bertz CT molecular complexity index is 505. The molecule has 0 aliphatic heterocycles. The van der Waals surface area contributed by atoms with Gasteiger partial charge in [0.15, 0.2) is 0 Å². The molecule has 1 atom stereocenters. The Hall–Kier alpha value is -0.640. The van der Waals surface area contributed by atoms with Gasteiger partial charge in [0.2, 0.25) is 0 Å². The van der Waals surface area contributed by atoms with Crippen molar-refractivity contribution >= 4 is 31.9 Å². The molecule has 1 nitrogen and oxygen atoms in total. The molecule has 0 saturated carbocycles. The minimum atomic E-state index is 0.0949. The summed E-state index contributed by atoms with van der Waals surface area (Å²) in [5.74, 6) is 0. The Morgan fingerprint density at radius 1 is 0.947 bits per heavy atom. The van der Waals surface area contributed by atoms with E-state index in [9.17, 15) is 0 Å². The summed E-state index contributed by atoms with van der Waals surface area (Å²) < 4.78 is 2.13. The first-order valence-electron chi connectivity index (χ1n) is 6.40. The van der Waals surface area contributed by atoms with Crippen LogP contribution in [0.1, 0.15) is 30.0 Å². The van der Waals surface area contributed by atoms with Crippen molar-refractivity contribution in [2.75, 3.05) is 0 Å². The molecular weight excluding hydrogens is 366 g/mol. The van der Waals surface area contributed by atoms with Crippen LogP contribution in [-0.2, 0) is 6.42 Å². The lowest BCUT2D eigenvalue weighted by Gasteiger charge is -2.13. The van der Waals surface area contributed by atoms with Crippen LogP contribution >= 0.6 is 31.9 Å². The van der Waals surface area contributed by atoms with E-state index >= 15 is 0 Å². The van der Waals surface area contributed by atoms with Crippen LogP contribution in [0.2, 0.25) is 0 Å². The van der Waals surface area contributed by atoms with E-state index in [1.54, 1.807) is 0 Å². The molecule has 19 heavy (non-hydrogen) atoms. The molecule has 0 amide bonds. The third-order valence-electron chi connectivity index (χ3n) is 3.14. The maximum atomic E-state index is 6.26. The molecule has 0 radical (unpaired) electrons. The minimum absolute atomic E-state index is 0.0949. The average molecular weight is 383 g/mol. The highest BCUT2D eigenvalue weighted by Crippen LogP contribution is 2.25. The van der Waals surface area contributed by atoms with Crippen LogP contribution in [0.3, 0.4) is 0 Å². The summed E-state index contributed by atoms with van der Waals surface area (Å²) in [4.78, 5) is 0. The van der Waals surface area contributed by atoms with Crippen molar-refractivity contribution in [1.82, 2.24) is 0 Å². The lowest BCUT2D eigenvalue weighted by Crippen LogP contribution is -2.10. The molecule has 0 heterocycles. The maximum Gasteiger partial charge on any atom is 0.0295 e. The molecule has 1 unspecified atom stereocenters. The molecule has 2 aromatic carbocycles. The van der Waals surface area contributed by atoms with Crippen molar-refractivity contribution in [1.29, 1.82) is 0 Å². The second-order valence-corrected chi connectivity index (χ2v) is 6.52.